The Bertz CT molecular complexity index is 270. The van der Waals surface area contributed by atoms with Gasteiger partial charge in [-0.3, -0.25) is 4.99 Å². The van der Waals surface area contributed by atoms with E-state index in [0.717, 1.165) is 25.0 Å². The fourth-order valence-electron chi connectivity index (χ4n) is 2.28. The highest BCUT2D eigenvalue weighted by molar-refractivity contribution is 5.80. The van der Waals surface area contributed by atoms with Crippen LogP contribution in [-0.4, -0.2) is 37.0 Å². The van der Waals surface area contributed by atoms with E-state index >= 15 is 0 Å². The van der Waals surface area contributed by atoms with Crippen molar-refractivity contribution in [2.45, 2.75) is 39.7 Å². The Hall–Kier alpha value is -0.730. The highest BCUT2D eigenvalue weighted by atomic mass is 15.3. The van der Waals surface area contributed by atoms with Gasteiger partial charge in [0, 0.05) is 26.2 Å². The highest BCUT2D eigenvalue weighted by Crippen LogP contribution is 2.31. The Kier molecular flexibility index (Phi) is 2.65. The van der Waals surface area contributed by atoms with Crippen molar-refractivity contribution in [3.8, 4) is 0 Å². The van der Waals surface area contributed by atoms with E-state index in [-0.39, 0.29) is 0 Å². The second-order valence-corrected chi connectivity index (χ2v) is 5.85. The van der Waals surface area contributed by atoms with Crippen molar-refractivity contribution in [1.82, 2.24) is 10.2 Å². The largest absolute Gasteiger partial charge is 0.353 e. The molecule has 3 heteroatoms. The lowest BCUT2D eigenvalue weighted by Crippen LogP contribution is -2.42. The van der Waals surface area contributed by atoms with Crippen LogP contribution in [0.2, 0.25) is 0 Å². The van der Waals surface area contributed by atoms with E-state index in [2.05, 4.69) is 36.0 Å². The Morgan fingerprint density at radius 1 is 1.47 bits per heavy atom. The van der Waals surface area contributed by atoms with Gasteiger partial charge in [0.05, 0.1) is 0 Å². The van der Waals surface area contributed by atoms with Crippen LogP contribution in [0.3, 0.4) is 0 Å². The summed E-state index contributed by atoms with van der Waals surface area (Å²) in [4.78, 5) is 6.78. The third-order valence-electron chi connectivity index (χ3n) is 3.61. The molecule has 2 fully saturated rings. The van der Waals surface area contributed by atoms with Gasteiger partial charge in [-0.25, -0.2) is 0 Å². The fraction of sp³-hybridized carbons (Fsp3) is 0.917. The normalized spacial score (nSPS) is 34.4. The first kappa shape index (κ1) is 10.8. The molecule has 3 nitrogen and oxygen atoms in total. The molecule has 1 aliphatic heterocycles. The molecular formula is C12H23N3. The van der Waals surface area contributed by atoms with Gasteiger partial charge in [-0.15, -0.1) is 0 Å². The van der Waals surface area contributed by atoms with Crippen molar-refractivity contribution in [3.05, 3.63) is 0 Å². The summed E-state index contributed by atoms with van der Waals surface area (Å²) in [5.41, 5.74) is 0.451. The van der Waals surface area contributed by atoms with E-state index in [1.165, 1.54) is 12.8 Å². The third-order valence-corrected chi connectivity index (χ3v) is 3.61. The first-order valence-corrected chi connectivity index (χ1v) is 6.00. The second kappa shape index (κ2) is 3.69. The van der Waals surface area contributed by atoms with Gasteiger partial charge >= 0.3 is 0 Å². The minimum atomic E-state index is 0.451. The number of aliphatic imine (C=N–C) groups is 1. The van der Waals surface area contributed by atoms with Crippen LogP contribution in [0.15, 0.2) is 4.99 Å². The predicted octanol–water partition coefficient (Wildman–Crippen LogP) is 1.70. The molecule has 0 radical (unpaired) electrons. The van der Waals surface area contributed by atoms with Crippen LogP contribution in [-0.2, 0) is 0 Å². The lowest BCUT2D eigenvalue weighted by atomic mass is 9.93. The maximum atomic E-state index is 4.38. The van der Waals surface area contributed by atoms with E-state index in [4.69, 9.17) is 0 Å². The number of guanidine groups is 1. The van der Waals surface area contributed by atoms with Crippen molar-refractivity contribution < 1.29 is 0 Å². The quantitative estimate of drug-likeness (QED) is 0.526. The zero-order valence-corrected chi connectivity index (χ0v) is 10.4. The Morgan fingerprint density at radius 2 is 2.13 bits per heavy atom. The number of rotatable bonds is 1. The molecule has 1 saturated carbocycles. The van der Waals surface area contributed by atoms with E-state index in [1.807, 2.05) is 7.05 Å². The number of hydrogen-bond acceptors (Lipinski definition) is 1. The molecule has 2 aliphatic rings. The average molecular weight is 209 g/mol. The predicted molar refractivity (Wildman–Crippen MR) is 64.0 cm³/mol. The van der Waals surface area contributed by atoms with Gasteiger partial charge in [-0.2, -0.15) is 0 Å². The van der Waals surface area contributed by atoms with Crippen molar-refractivity contribution in [2.75, 3.05) is 20.1 Å². The Balaban J connectivity index is 1.91. The summed E-state index contributed by atoms with van der Waals surface area (Å²) in [6.45, 7) is 9.24. The standard InChI is InChI=1S/C12H23N3/c1-9-7-10(9)14-11(13-4)15-6-5-12(2,3)8-15/h9-10H,5-8H2,1-4H3,(H,13,14)/t9-,10-/m1/s1. The van der Waals surface area contributed by atoms with Crippen molar-refractivity contribution in [3.63, 3.8) is 0 Å². The van der Waals surface area contributed by atoms with Crippen LogP contribution in [0.25, 0.3) is 0 Å². The Labute approximate surface area is 92.9 Å². The zero-order valence-electron chi connectivity index (χ0n) is 10.4. The highest BCUT2D eigenvalue weighted by Gasteiger charge is 2.36. The van der Waals surface area contributed by atoms with Crippen LogP contribution < -0.4 is 5.32 Å². The van der Waals surface area contributed by atoms with E-state index in [9.17, 15) is 0 Å². The molecule has 0 spiro atoms. The maximum absolute atomic E-state index is 4.38. The summed E-state index contributed by atoms with van der Waals surface area (Å²) in [5.74, 6) is 1.94. The molecule has 1 saturated heterocycles. The van der Waals surface area contributed by atoms with Crippen molar-refractivity contribution >= 4 is 5.96 Å². The summed E-state index contributed by atoms with van der Waals surface area (Å²) >= 11 is 0. The lowest BCUT2D eigenvalue weighted by Gasteiger charge is -2.23. The van der Waals surface area contributed by atoms with Gasteiger partial charge in [0.25, 0.3) is 0 Å². The molecule has 0 bridgehead atoms. The summed E-state index contributed by atoms with van der Waals surface area (Å²) in [6, 6.07) is 0.674. The molecule has 2 atom stereocenters. The summed E-state index contributed by atoms with van der Waals surface area (Å²) in [5, 5.41) is 3.55. The first-order valence-electron chi connectivity index (χ1n) is 6.00. The first-order chi connectivity index (χ1) is 7.02. The summed E-state index contributed by atoms with van der Waals surface area (Å²) < 4.78 is 0. The van der Waals surface area contributed by atoms with Gasteiger partial charge in [0.2, 0.25) is 0 Å². The molecule has 0 amide bonds. The third kappa shape index (κ3) is 2.44. The molecule has 2 rings (SSSR count). The van der Waals surface area contributed by atoms with Gasteiger partial charge in [0.1, 0.15) is 0 Å². The molecule has 1 aliphatic carbocycles. The minimum absolute atomic E-state index is 0.451. The second-order valence-electron chi connectivity index (χ2n) is 5.85. The maximum Gasteiger partial charge on any atom is 0.193 e. The van der Waals surface area contributed by atoms with Crippen molar-refractivity contribution in [1.29, 1.82) is 0 Å². The van der Waals surface area contributed by atoms with E-state index in [0.29, 0.717) is 11.5 Å². The molecule has 1 N–H and O–H groups in total. The van der Waals surface area contributed by atoms with Crippen molar-refractivity contribution in [2.24, 2.45) is 16.3 Å². The van der Waals surface area contributed by atoms with Crippen LogP contribution >= 0.6 is 0 Å². The van der Waals surface area contributed by atoms with E-state index in [1.54, 1.807) is 0 Å². The SMILES string of the molecule is CN=C(N[C@@H]1C[C@H]1C)N1CCC(C)(C)C1. The fourth-order valence-corrected chi connectivity index (χ4v) is 2.28. The van der Waals surface area contributed by atoms with Gasteiger partial charge < -0.3 is 10.2 Å². The lowest BCUT2D eigenvalue weighted by molar-refractivity contribution is 0.369. The van der Waals surface area contributed by atoms with Crippen LogP contribution in [0, 0.1) is 11.3 Å². The number of nitrogens with one attached hydrogen (secondary N) is 1. The molecule has 0 unspecified atom stereocenters. The summed E-state index contributed by atoms with van der Waals surface area (Å²) in [7, 11) is 1.89. The topological polar surface area (TPSA) is 27.6 Å². The molecule has 86 valence electrons. The molecule has 0 aromatic heterocycles. The van der Waals surface area contributed by atoms with Crippen LogP contribution in [0.4, 0.5) is 0 Å². The van der Waals surface area contributed by atoms with Crippen LogP contribution in [0.5, 0.6) is 0 Å². The minimum Gasteiger partial charge on any atom is -0.353 e. The van der Waals surface area contributed by atoms with E-state index < -0.39 is 0 Å². The monoisotopic (exact) mass is 209 g/mol. The zero-order chi connectivity index (χ0) is 11.1. The number of nitrogens with zero attached hydrogens (tertiary/aromatic N) is 2. The molecule has 0 aromatic carbocycles. The average Bonchev–Trinajstić information content (AvgIpc) is 2.73. The smallest absolute Gasteiger partial charge is 0.193 e. The number of likely N-dealkylation sites (tertiary alicyclic amines) is 1. The number of hydrogen-bond donors (Lipinski definition) is 1. The molecule has 15 heavy (non-hydrogen) atoms. The van der Waals surface area contributed by atoms with Crippen LogP contribution in [0.1, 0.15) is 33.6 Å². The summed E-state index contributed by atoms with van der Waals surface area (Å²) in [6.07, 6.45) is 2.57. The Morgan fingerprint density at radius 3 is 2.53 bits per heavy atom. The molecule has 0 aromatic rings. The molecule has 1 heterocycles. The van der Waals surface area contributed by atoms with Gasteiger partial charge in [-0.05, 0) is 24.2 Å². The van der Waals surface area contributed by atoms with Gasteiger partial charge in [-0.1, -0.05) is 20.8 Å². The molecular weight excluding hydrogens is 186 g/mol. The van der Waals surface area contributed by atoms with Gasteiger partial charge in [0.15, 0.2) is 5.96 Å².